The van der Waals surface area contributed by atoms with Crippen LogP contribution < -0.4 is 0 Å². The van der Waals surface area contributed by atoms with Gasteiger partial charge in [-0.3, -0.25) is 0 Å². The lowest BCUT2D eigenvalue weighted by atomic mass is 9.70. The van der Waals surface area contributed by atoms with Crippen LogP contribution in [0.4, 0.5) is 4.79 Å². The van der Waals surface area contributed by atoms with E-state index in [-0.39, 0.29) is 11.5 Å². The molecule has 6 nitrogen and oxygen atoms in total. The standard InChI is InChI=1S/C23H27NO5SSi/c1-17-10-12-20(13-11-17)30(26,27)24-21(16-28-22(24)25)18-14-23(15-18,29-31(2,3)4)19-8-6-5-7-9-19/h5-13H,14-16H2,1-4H3. The van der Waals surface area contributed by atoms with Gasteiger partial charge >= 0.3 is 6.09 Å². The largest absolute Gasteiger partial charge is 0.442 e. The van der Waals surface area contributed by atoms with Crippen LogP contribution in [0.15, 0.2) is 70.8 Å². The first-order valence-corrected chi connectivity index (χ1v) is 15.1. The van der Waals surface area contributed by atoms with Gasteiger partial charge < -0.3 is 9.16 Å². The number of carbonyl (C=O) groups excluding carboxylic acids is 1. The molecule has 1 amide bonds. The molecule has 4 rings (SSSR count). The number of nitrogens with zero attached hydrogens (tertiary/aromatic N) is 1. The average molecular weight is 458 g/mol. The third-order valence-corrected chi connectivity index (χ3v) is 8.23. The van der Waals surface area contributed by atoms with Gasteiger partial charge in [-0.1, -0.05) is 48.0 Å². The maximum Gasteiger partial charge on any atom is 0.428 e. The molecule has 0 atom stereocenters. The number of aryl methyl sites for hydroxylation is 1. The van der Waals surface area contributed by atoms with Crippen molar-refractivity contribution in [2.45, 2.75) is 49.9 Å². The van der Waals surface area contributed by atoms with E-state index in [1.165, 1.54) is 12.1 Å². The van der Waals surface area contributed by atoms with E-state index in [9.17, 15) is 13.2 Å². The van der Waals surface area contributed by atoms with Crippen LogP contribution in [0.5, 0.6) is 0 Å². The number of hydrogen-bond acceptors (Lipinski definition) is 5. The summed E-state index contributed by atoms with van der Waals surface area (Å²) in [5.74, 6) is 0. The fraction of sp³-hybridized carbons (Fsp3) is 0.348. The summed E-state index contributed by atoms with van der Waals surface area (Å²) >= 11 is 0. The number of amides is 1. The maximum absolute atomic E-state index is 13.2. The van der Waals surface area contributed by atoms with Gasteiger partial charge in [0.15, 0.2) is 8.32 Å². The van der Waals surface area contributed by atoms with E-state index < -0.39 is 30.0 Å². The molecule has 1 aliphatic carbocycles. The summed E-state index contributed by atoms with van der Waals surface area (Å²) in [6.07, 6.45) is 0.215. The smallest absolute Gasteiger partial charge is 0.428 e. The lowest BCUT2D eigenvalue weighted by Crippen LogP contribution is -2.47. The molecule has 0 unspecified atom stereocenters. The van der Waals surface area contributed by atoms with Gasteiger partial charge in [-0.15, -0.1) is 0 Å². The molecule has 0 bridgehead atoms. The molecular formula is C23H27NO5SSi. The molecule has 1 saturated heterocycles. The van der Waals surface area contributed by atoms with Gasteiger partial charge in [0.05, 0.1) is 16.2 Å². The van der Waals surface area contributed by atoms with Crippen molar-refractivity contribution in [3.05, 3.63) is 77.0 Å². The Balaban J connectivity index is 1.70. The van der Waals surface area contributed by atoms with Crippen LogP contribution in [0, 0.1) is 6.92 Å². The first-order valence-electron chi connectivity index (χ1n) is 10.3. The molecule has 1 heterocycles. The van der Waals surface area contributed by atoms with E-state index in [1.807, 2.05) is 37.3 Å². The molecular weight excluding hydrogens is 430 g/mol. The number of cyclic esters (lactones) is 1. The first kappa shape index (κ1) is 21.8. The summed E-state index contributed by atoms with van der Waals surface area (Å²) in [6, 6.07) is 16.5. The van der Waals surface area contributed by atoms with Gasteiger partial charge in [-0.2, -0.15) is 4.31 Å². The molecule has 2 aliphatic rings. The second kappa shape index (κ2) is 7.61. The Morgan fingerprint density at radius 2 is 1.61 bits per heavy atom. The summed E-state index contributed by atoms with van der Waals surface area (Å²) in [5, 5.41) is 0. The van der Waals surface area contributed by atoms with E-state index in [2.05, 4.69) is 19.6 Å². The molecule has 2 aromatic carbocycles. The zero-order chi connectivity index (χ0) is 22.4. The number of rotatable bonds is 5. The lowest BCUT2D eigenvalue weighted by Gasteiger charge is -2.48. The summed E-state index contributed by atoms with van der Waals surface area (Å²) in [6.45, 7) is 8.25. The minimum atomic E-state index is -4.04. The van der Waals surface area contributed by atoms with Gasteiger partial charge in [0.2, 0.25) is 0 Å². The monoisotopic (exact) mass is 457 g/mol. The van der Waals surface area contributed by atoms with E-state index in [0.717, 1.165) is 21.0 Å². The number of benzene rings is 2. The van der Waals surface area contributed by atoms with Crippen LogP contribution in [0.25, 0.3) is 0 Å². The highest BCUT2D eigenvalue weighted by Crippen LogP contribution is 2.52. The zero-order valence-electron chi connectivity index (χ0n) is 18.2. The van der Waals surface area contributed by atoms with Gasteiger partial charge in [-0.25, -0.2) is 13.2 Å². The Hall–Kier alpha value is -2.42. The van der Waals surface area contributed by atoms with Crippen molar-refractivity contribution in [3.63, 3.8) is 0 Å². The van der Waals surface area contributed by atoms with E-state index in [0.29, 0.717) is 18.5 Å². The fourth-order valence-corrected chi connectivity index (χ4v) is 7.01. The Morgan fingerprint density at radius 3 is 2.19 bits per heavy atom. The number of sulfonamides is 1. The lowest BCUT2D eigenvalue weighted by molar-refractivity contribution is 0.0160. The molecule has 1 aliphatic heterocycles. The van der Waals surface area contributed by atoms with Crippen molar-refractivity contribution < 1.29 is 22.4 Å². The minimum Gasteiger partial charge on any atom is -0.442 e. The van der Waals surface area contributed by atoms with Gasteiger partial charge in [0.25, 0.3) is 10.0 Å². The normalized spacial score (nSPS) is 21.8. The Labute approximate surface area is 184 Å². The maximum atomic E-state index is 13.2. The quantitative estimate of drug-likeness (QED) is 0.595. The van der Waals surface area contributed by atoms with Crippen molar-refractivity contribution in [2.24, 2.45) is 0 Å². The third-order valence-electron chi connectivity index (χ3n) is 5.51. The summed E-state index contributed by atoms with van der Waals surface area (Å²) in [5.41, 5.74) is 2.80. The Morgan fingerprint density at radius 1 is 1.00 bits per heavy atom. The number of hydrogen-bond donors (Lipinski definition) is 0. The second-order valence-corrected chi connectivity index (χ2v) is 15.3. The molecule has 164 valence electrons. The number of ether oxygens (including phenoxy) is 1. The molecule has 2 fully saturated rings. The van der Waals surface area contributed by atoms with Crippen molar-refractivity contribution >= 4 is 24.4 Å². The molecule has 8 heteroatoms. The molecule has 0 N–H and O–H groups in total. The predicted molar refractivity (Wildman–Crippen MR) is 120 cm³/mol. The highest BCUT2D eigenvalue weighted by atomic mass is 32.2. The van der Waals surface area contributed by atoms with E-state index in [1.54, 1.807) is 12.1 Å². The summed E-state index contributed by atoms with van der Waals surface area (Å²) in [7, 11) is -5.94. The van der Waals surface area contributed by atoms with Crippen molar-refractivity contribution in [3.8, 4) is 0 Å². The van der Waals surface area contributed by atoms with Crippen molar-refractivity contribution in [1.29, 1.82) is 0 Å². The van der Waals surface area contributed by atoms with E-state index in [4.69, 9.17) is 9.16 Å². The second-order valence-electron chi connectivity index (χ2n) is 9.12. The number of carbonyl (C=O) groups is 1. The van der Waals surface area contributed by atoms with Crippen LogP contribution in [0.1, 0.15) is 24.0 Å². The summed E-state index contributed by atoms with van der Waals surface area (Å²) < 4.78 is 39.1. The molecule has 0 spiro atoms. The molecule has 0 radical (unpaired) electrons. The van der Waals surface area contributed by atoms with Crippen LogP contribution in [0.2, 0.25) is 19.6 Å². The van der Waals surface area contributed by atoms with Crippen LogP contribution >= 0.6 is 0 Å². The minimum absolute atomic E-state index is 0.0446. The molecule has 31 heavy (non-hydrogen) atoms. The highest BCUT2D eigenvalue weighted by Gasteiger charge is 2.50. The first-order chi connectivity index (χ1) is 14.5. The van der Waals surface area contributed by atoms with Gasteiger partial charge in [0, 0.05) is 12.8 Å². The third kappa shape index (κ3) is 4.07. The predicted octanol–water partition coefficient (Wildman–Crippen LogP) is 4.93. The SMILES string of the molecule is Cc1ccc(S(=O)(=O)N2C(=O)OCC2=C2CC(O[Si](C)(C)C)(c3ccccc3)C2)cc1. The fourth-order valence-electron chi connectivity index (χ4n) is 4.17. The molecule has 2 aromatic rings. The van der Waals surface area contributed by atoms with Gasteiger partial charge in [0.1, 0.15) is 6.61 Å². The molecule has 0 aromatic heterocycles. The summed E-state index contributed by atoms with van der Waals surface area (Å²) in [4.78, 5) is 12.5. The van der Waals surface area contributed by atoms with Crippen molar-refractivity contribution in [1.82, 2.24) is 4.31 Å². The van der Waals surface area contributed by atoms with Crippen LogP contribution in [0.3, 0.4) is 0 Å². The van der Waals surface area contributed by atoms with Gasteiger partial charge in [-0.05, 0) is 49.8 Å². The molecule has 1 saturated carbocycles. The highest BCUT2D eigenvalue weighted by molar-refractivity contribution is 7.89. The van der Waals surface area contributed by atoms with Crippen LogP contribution in [-0.4, -0.2) is 33.7 Å². The van der Waals surface area contributed by atoms with Crippen molar-refractivity contribution in [2.75, 3.05) is 6.61 Å². The van der Waals surface area contributed by atoms with Crippen LogP contribution in [-0.2, 0) is 24.8 Å². The average Bonchev–Trinajstić information content (AvgIpc) is 3.06. The zero-order valence-corrected chi connectivity index (χ0v) is 20.0. The topological polar surface area (TPSA) is 72.9 Å². The Kier molecular flexibility index (Phi) is 5.35. The Bertz CT molecular complexity index is 1130. The van der Waals surface area contributed by atoms with E-state index >= 15 is 0 Å².